The summed E-state index contributed by atoms with van der Waals surface area (Å²) in [6.45, 7) is 5.37. The summed E-state index contributed by atoms with van der Waals surface area (Å²) >= 11 is 0. The third kappa shape index (κ3) is 2.47. The van der Waals surface area contributed by atoms with E-state index in [9.17, 15) is 0 Å². The number of para-hydroxylation sites is 1. The summed E-state index contributed by atoms with van der Waals surface area (Å²) in [5.41, 5.74) is 3.55. The third-order valence-electron chi connectivity index (χ3n) is 3.61. The Kier molecular flexibility index (Phi) is 3.47. The normalized spacial score (nSPS) is 19.4. The van der Waals surface area contributed by atoms with Gasteiger partial charge in [-0.05, 0) is 19.1 Å². The molecule has 2 heterocycles. The van der Waals surface area contributed by atoms with Crippen LogP contribution in [-0.2, 0) is 0 Å². The predicted molar refractivity (Wildman–Crippen MR) is 78.2 cm³/mol. The third-order valence-corrected chi connectivity index (χ3v) is 3.61. The highest BCUT2D eigenvalue weighted by Crippen LogP contribution is 2.31. The van der Waals surface area contributed by atoms with Crippen molar-refractivity contribution in [3.63, 3.8) is 0 Å². The number of benzene rings is 1. The Morgan fingerprint density at radius 1 is 1.26 bits per heavy atom. The second kappa shape index (κ2) is 5.41. The van der Waals surface area contributed by atoms with Gasteiger partial charge in [-0.3, -0.25) is 4.98 Å². The molecule has 1 aromatic heterocycles. The van der Waals surface area contributed by atoms with Gasteiger partial charge in [-0.25, -0.2) is 0 Å². The van der Waals surface area contributed by atoms with Crippen molar-refractivity contribution < 1.29 is 0 Å². The summed E-state index contributed by atoms with van der Waals surface area (Å²) in [6.07, 6.45) is 4.85. The van der Waals surface area contributed by atoms with E-state index in [1.807, 2.05) is 6.07 Å². The molecular formula is C16H18N3. The van der Waals surface area contributed by atoms with Crippen molar-refractivity contribution in [1.29, 1.82) is 0 Å². The molecule has 1 aromatic carbocycles. The number of nitrogens with zero attached hydrogens (tertiary/aromatic N) is 2. The molecule has 3 rings (SSSR count). The van der Waals surface area contributed by atoms with E-state index < -0.39 is 0 Å². The molecule has 1 N–H and O–H groups in total. The monoisotopic (exact) mass is 252 g/mol. The van der Waals surface area contributed by atoms with Crippen molar-refractivity contribution in [3.05, 3.63) is 48.8 Å². The van der Waals surface area contributed by atoms with Crippen molar-refractivity contribution in [2.75, 3.05) is 24.5 Å². The zero-order chi connectivity index (χ0) is 13.1. The van der Waals surface area contributed by atoms with Crippen LogP contribution in [0.5, 0.6) is 0 Å². The standard InChI is InChI=1S/C16H18N3/c1-13-11-18-9-10-19(13)16-7-3-2-6-15(16)14-5-4-8-17-12-14/h2-8,13,18H,9-11H2,1H3. The van der Waals surface area contributed by atoms with Crippen LogP contribution in [0.3, 0.4) is 0 Å². The SMILES string of the molecule is CC1CNCCN1c1ccccc1-c1[c]nccc1. The molecule has 0 amide bonds. The van der Waals surface area contributed by atoms with Gasteiger partial charge in [0, 0.05) is 48.7 Å². The molecule has 1 aliphatic heterocycles. The number of aromatic nitrogens is 1. The highest BCUT2D eigenvalue weighted by Gasteiger charge is 2.20. The number of nitrogens with one attached hydrogen (secondary N) is 1. The molecule has 19 heavy (non-hydrogen) atoms. The summed E-state index contributed by atoms with van der Waals surface area (Å²) in [6, 6.07) is 13.1. The zero-order valence-electron chi connectivity index (χ0n) is 11.1. The van der Waals surface area contributed by atoms with E-state index in [1.165, 1.54) is 11.3 Å². The van der Waals surface area contributed by atoms with Crippen LogP contribution < -0.4 is 10.2 Å². The molecule has 1 saturated heterocycles. The lowest BCUT2D eigenvalue weighted by Gasteiger charge is -2.37. The van der Waals surface area contributed by atoms with E-state index in [2.05, 4.69) is 58.7 Å². The Bertz CT molecular complexity index is 539. The van der Waals surface area contributed by atoms with Gasteiger partial charge < -0.3 is 10.2 Å². The minimum atomic E-state index is 0.506. The zero-order valence-corrected chi connectivity index (χ0v) is 11.1. The van der Waals surface area contributed by atoms with Gasteiger partial charge in [-0.2, -0.15) is 0 Å². The van der Waals surface area contributed by atoms with Crippen LogP contribution in [0.25, 0.3) is 11.1 Å². The van der Waals surface area contributed by atoms with Crippen molar-refractivity contribution in [2.45, 2.75) is 13.0 Å². The van der Waals surface area contributed by atoms with Gasteiger partial charge in [0.05, 0.1) is 6.20 Å². The molecule has 97 valence electrons. The van der Waals surface area contributed by atoms with E-state index in [-0.39, 0.29) is 0 Å². The molecule has 2 aromatic rings. The minimum absolute atomic E-state index is 0.506. The van der Waals surface area contributed by atoms with E-state index in [0.717, 1.165) is 25.2 Å². The maximum Gasteiger partial charge on any atom is 0.0971 e. The van der Waals surface area contributed by atoms with Crippen molar-refractivity contribution in [2.24, 2.45) is 0 Å². The van der Waals surface area contributed by atoms with Gasteiger partial charge in [0.15, 0.2) is 0 Å². The largest absolute Gasteiger partial charge is 0.366 e. The van der Waals surface area contributed by atoms with Crippen LogP contribution in [0, 0.1) is 6.20 Å². The molecule has 1 aliphatic rings. The van der Waals surface area contributed by atoms with Crippen LogP contribution in [0.1, 0.15) is 6.92 Å². The van der Waals surface area contributed by atoms with Gasteiger partial charge in [-0.1, -0.05) is 24.3 Å². The molecule has 3 nitrogen and oxygen atoms in total. The van der Waals surface area contributed by atoms with Crippen LogP contribution in [0.2, 0.25) is 0 Å². The van der Waals surface area contributed by atoms with Gasteiger partial charge in [0.25, 0.3) is 0 Å². The summed E-state index contributed by atoms with van der Waals surface area (Å²) in [4.78, 5) is 6.58. The Labute approximate surface area is 114 Å². The summed E-state index contributed by atoms with van der Waals surface area (Å²) in [7, 11) is 0. The van der Waals surface area contributed by atoms with Crippen LogP contribution >= 0.6 is 0 Å². The molecular weight excluding hydrogens is 234 g/mol. The Morgan fingerprint density at radius 3 is 2.95 bits per heavy atom. The fraction of sp³-hybridized carbons (Fsp3) is 0.312. The fourth-order valence-corrected chi connectivity index (χ4v) is 2.63. The highest BCUT2D eigenvalue weighted by atomic mass is 15.2. The second-order valence-electron chi connectivity index (χ2n) is 4.93. The summed E-state index contributed by atoms with van der Waals surface area (Å²) < 4.78 is 0. The first-order valence-corrected chi connectivity index (χ1v) is 6.76. The molecule has 3 heteroatoms. The van der Waals surface area contributed by atoms with E-state index in [1.54, 1.807) is 6.20 Å². The lowest BCUT2D eigenvalue weighted by atomic mass is 10.0. The fourth-order valence-electron chi connectivity index (χ4n) is 2.63. The lowest BCUT2D eigenvalue weighted by molar-refractivity contribution is 0.501. The molecule has 0 aliphatic carbocycles. The number of hydrogen-bond acceptors (Lipinski definition) is 3. The van der Waals surface area contributed by atoms with Crippen LogP contribution in [0.15, 0.2) is 42.6 Å². The topological polar surface area (TPSA) is 28.2 Å². The summed E-state index contributed by atoms with van der Waals surface area (Å²) in [5, 5.41) is 3.43. The molecule has 0 spiro atoms. The predicted octanol–water partition coefficient (Wildman–Crippen LogP) is 2.35. The first-order valence-electron chi connectivity index (χ1n) is 6.76. The van der Waals surface area contributed by atoms with Crippen LogP contribution in [-0.4, -0.2) is 30.7 Å². The molecule has 1 fully saturated rings. The molecule has 0 bridgehead atoms. The summed E-state index contributed by atoms with van der Waals surface area (Å²) in [5.74, 6) is 0. The van der Waals surface area contributed by atoms with Crippen LogP contribution in [0.4, 0.5) is 5.69 Å². The van der Waals surface area contributed by atoms with Gasteiger partial charge >= 0.3 is 0 Å². The Morgan fingerprint density at radius 2 is 2.16 bits per heavy atom. The minimum Gasteiger partial charge on any atom is -0.366 e. The number of hydrogen-bond donors (Lipinski definition) is 1. The van der Waals surface area contributed by atoms with Gasteiger partial charge in [0.1, 0.15) is 0 Å². The first kappa shape index (κ1) is 12.2. The number of rotatable bonds is 2. The average Bonchev–Trinajstić information content (AvgIpc) is 2.49. The van der Waals surface area contributed by atoms with E-state index in [4.69, 9.17) is 0 Å². The quantitative estimate of drug-likeness (QED) is 0.889. The van der Waals surface area contributed by atoms with E-state index in [0.29, 0.717) is 6.04 Å². The lowest BCUT2D eigenvalue weighted by Crippen LogP contribution is -2.50. The van der Waals surface area contributed by atoms with Crippen molar-refractivity contribution in [1.82, 2.24) is 10.3 Å². The van der Waals surface area contributed by atoms with Gasteiger partial charge in [0.2, 0.25) is 0 Å². The molecule has 0 saturated carbocycles. The maximum absolute atomic E-state index is 4.11. The number of anilines is 1. The van der Waals surface area contributed by atoms with Crippen molar-refractivity contribution >= 4 is 5.69 Å². The Hall–Kier alpha value is -1.87. The molecule has 1 radical (unpaired) electrons. The number of piperazine rings is 1. The second-order valence-corrected chi connectivity index (χ2v) is 4.93. The average molecular weight is 252 g/mol. The Balaban J connectivity index is 2.02. The molecule has 1 unspecified atom stereocenters. The highest BCUT2D eigenvalue weighted by molar-refractivity contribution is 5.78. The first-order chi connectivity index (χ1) is 9.36. The molecule has 1 atom stereocenters. The van der Waals surface area contributed by atoms with Crippen molar-refractivity contribution in [3.8, 4) is 11.1 Å². The number of pyridine rings is 1. The maximum atomic E-state index is 4.11. The smallest absolute Gasteiger partial charge is 0.0971 e. The van der Waals surface area contributed by atoms with Gasteiger partial charge in [-0.15, -0.1) is 0 Å². The van der Waals surface area contributed by atoms with E-state index >= 15 is 0 Å².